The maximum atomic E-state index is 11.8. The number of carboxylic acids is 1. The monoisotopic (exact) mass is 408 g/mol. The minimum Gasteiger partial charge on any atom is -0.477 e. The molecular weight excluding hydrogens is 384 g/mol. The molecule has 1 saturated heterocycles. The van der Waals surface area contributed by atoms with Crippen molar-refractivity contribution in [2.75, 3.05) is 36.4 Å². The summed E-state index contributed by atoms with van der Waals surface area (Å²) in [6.07, 6.45) is 5.81. The smallest absolute Gasteiger partial charge is 0.352 e. The van der Waals surface area contributed by atoms with Crippen LogP contribution < -0.4 is 15.5 Å². The second-order valence-electron chi connectivity index (χ2n) is 7.75. The fourth-order valence-electron chi connectivity index (χ4n) is 4.33. The molecule has 30 heavy (non-hydrogen) atoms. The van der Waals surface area contributed by atoms with E-state index in [4.69, 9.17) is 0 Å². The van der Waals surface area contributed by atoms with Crippen molar-refractivity contribution in [2.45, 2.75) is 31.7 Å². The molecule has 1 aliphatic carbocycles. The van der Waals surface area contributed by atoms with Gasteiger partial charge in [0.2, 0.25) is 5.95 Å². The minimum absolute atomic E-state index is 0.162. The number of nitrogens with zero attached hydrogens (tertiary/aromatic N) is 6. The molecule has 0 bridgehead atoms. The van der Waals surface area contributed by atoms with Crippen LogP contribution in [0.2, 0.25) is 0 Å². The molecule has 0 amide bonds. The van der Waals surface area contributed by atoms with Gasteiger partial charge in [0.1, 0.15) is 11.3 Å². The lowest BCUT2D eigenvalue weighted by atomic mass is 10.2. The van der Waals surface area contributed by atoms with Crippen LogP contribution in [0.15, 0.2) is 24.4 Å². The Morgan fingerprint density at radius 2 is 1.97 bits per heavy atom. The van der Waals surface area contributed by atoms with E-state index in [-0.39, 0.29) is 11.7 Å². The Kier molecular flexibility index (Phi) is 4.91. The molecule has 0 radical (unpaired) electrons. The topological polar surface area (TPSA) is 121 Å². The maximum absolute atomic E-state index is 11.8. The zero-order valence-electron chi connectivity index (χ0n) is 16.6. The highest BCUT2D eigenvalue weighted by Gasteiger charge is 2.25. The molecule has 10 heteroatoms. The Hall–Kier alpha value is -3.27. The van der Waals surface area contributed by atoms with Gasteiger partial charge in [-0.25, -0.2) is 9.78 Å². The van der Waals surface area contributed by atoms with Gasteiger partial charge in [0, 0.05) is 43.8 Å². The largest absolute Gasteiger partial charge is 0.477 e. The Morgan fingerprint density at radius 1 is 1.17 bits per heavy atom. The fourth-order valence-corrected chi connectivity index (χ4v) is 4.33. The molecule has 0 unspecified atom stereocenters. The van der Waals surface area contributed by atoms with Crippen molar-refractivity contribution in [3.63, 3.8) is 0 Å². The van der Waals surface area contributed by atoms with E-state index in [1.54, 1.807) is 12.3 Å². The average molecular weight is 408 g/mol. The first kappa shape index (κ1) is 18.7. The van der Waals surface area contributed by atoms with Crippen molar-refractivity contribution in [1.82, 2.24) is 30.0 Å². The Morgan fingerprint density at radius 3 is 2.67 bits per heavy atom. The lowest BCUT2D eigenvalue weighted by Gasteiger charge is -2.27. The van der Waals surface area contributed by atoms with Crippen molar-refractivity contribution < 1.29 is 9.90 Å². The molecule has 2 aliphatic rings. The van der Waals surface area contributed by atoms with Crippen molar-refractivity contribution in [3.8, 4) is 0 Å². The fraction of sp³-hybridized carbons (Fsp3) is 0.450. The van der Waals surface area contributed by atoms with E-state index in [0.29, 0.717) is 17.4 Å². The SMILES string of the molecule is O=C(O)c1cc2cnc(Nc3ccc(N4CCNCC4)nn3)nc2n1C1CCCC1. The molecule has 3 aromatic heterocycles. The number of piperazine rings is 1. The van der Waals surface area contributed by atoms with Crippen molar-refractivity contribution in [1.29, 1.82) is 0 Å². The lowest BCUT2D eigenvalue weighted by Crippen LogP contribution is -2.43. The highest BCUT2D eigenvalue weighted by molar-refractivity contribution is 5.93. The number of aromatic nitrogens is 5. The summed E-state index contributed by atoms with van der Waals surface area (Å²) in [5.74, 6) is 0.829. The molecule has 156 valence electrons. The van der Waals surface area contributed by atoms with E-state index in [2.05, 4.69) is 35.7 Å². The van der Waals surface area contributed by atoms with Gasteiger partial charge < -0.3 is 25.2 Å². The quantitative estimate of drug-likeness (QED) is 0.583. The normalized spacial score (nSPS) is 17.5. The molecular formula is C20H24N8O2. The molecule has 0 spiro atoms. The van der Waals surface area contributed by atoms with E-state index in [9.17, 15) is 9.90 Å². The van der Waals surface area contributed by atoms with Crippen LogP contribution in [-0.4, -0.2) is 62.0 Å². The van der Waals surface area contributed by atoms with E-state index in [1.165, 1.54) is 0 Å². The van der Waals surface area contributed by atoms with Crippen LogP contribution in [0.3, 0.4) is 0 Å². The summed E-state index contributed by atoms with van der Waals surface area (Å²) >= 11 is 0. The van der Waals surface area contributed by atoms with Crippen molar-refractivity contribution in [3.05, 3.63) is 30.1 Å². The summed E-state index contributed by atoms with van der Waals surface area (Å²) in [5.41, 5.74) is 0.908. The van der Waals surface area contributed by atoms with Crippen LogP contribution in [0.25, 0.3) is 11.0 Å². The molecule has 3 aromatic rings. The van der Waals surface area contributed by atoms with Crippen molar-refractivity contribution in [2.24, 2.45) is 0 Å². The van der Waals surface area contributed by atoms with Crippen LogP contribution in [-0.2, 0) is 0 Å². The molecule has 1 aliphatic heterocycles. The Labute approximate surface area is 173 Å². The summed E-state index contributed by atoms with van der Waals surface area (Å²) in [7, 11) is 0. The molecule has 0 aromatic carbocycles. The summed E-state index contributed by atoms with van der Waals surface area (Å²) < 4.78 is 1.86. The first-order chi connectivity index (χ1) is 14.7. The van der Waals surface area contributed by atoms with Gasteiger partial charge in [0.05, 0.1) is 0 Å². The second-order valence-corrected chi connectivity index (χ2v) is 7.75. The predicted octanol–water partition coefficient (Wildman–Crippen LogP) is 2.19. The number of fused-ring (bicyclic) bond motifs is 1. The zero-order chi connectivity index (χ0) is 20.5. The number of carboxylic acid groups (broad SMARTS) is 1. The van der Waals surface area contributed by atoms with Gasteiger partial charge in [-0.05, 0) is 31.0 Å². The van der Waals surface area contributed by atoms with E-state index in [0.717, 1.165) is 63.1 Å². The van der Waals surface area contributed by atoms with Crippen LogP contribution in [0.4, 0.5) is 17.6 Å². The summed E-state index contributed by atoms with van der Waals surface area (Å²) in [6, 6.07) is 5.61. The Bertz CT molecular complexity index is 1050. The first-order valence-electron chi connectivity index (χ1n) is 10.4. The van der Waals surface area contributed by atoms with Gasteiger partial charge in [0.15, 0.2) is 11.6 Å². The van der Waals surface area contributed by atoms with Gasteiger partial charge in [-0.3, -0.25) is 0 Å². The maximum Gasteiger partial charge on any atom is 0.352 e. The molecule has 1 saturated carbocycles. The number of aromatic carboxylic acids is 1. The molecule has 0 atom stereocenters. The third kappa shape index (κ3) is 3.54. The third-order valence-corrected chi connectivity index (χ3v) is 5.82. The van der Waals surface area contributed by atoms with E-state index in [1.807, 2.05) is 16.7 Å². The minimum atomic E-state index is -0.941. The van der Waals surface area contributed by atoms with Gasteiger partial charge in [0.25, 0.3) is 0 Å². The first-order valence-corrected chi connectivity index (χ1v) is 10.4. The number of carbonyl (C=O) groups is 1. The molecule has 5 rings (SSSR count). The standard InChI is InChI=1S/C20H24N8O2/c29-19(30)15-11-13-12-22-20(24-18(13)28(15)14-3-1-2-4-14)23-16-5-6-17(26-25-16)27-9-7-21-8-10-27/h5-6,11-12,14,21H,1-4,7-10H2,(H,29,30)(H,22,23,24,25). The molecule has 2 fully saturated rings. The van der Waals surface area contributed by atoms with Gasteiger partial charge in [-0.15, -0.1) is 10.2 Å². The number of nitrogens with one attached hydrogen (secondary N) is 2. The van der Waals surface area contributed by atoms with Gasteiger partial charge in [-0.2, -0.15) is 4.98 Å². The average Bonchev–Trinajstić information content (AvgIpc) is 3.42. The Balaban J connectivity index is 1.42. The van der Waals surface area contributed by atoms with Gasteiger partial charge >= 0.3 is 5.97 Å². The zero-order valence-corrected chi connectivity index (χ0v) is 16.6. The number of rotatable bonds is 5. The number of anilines is 3. The third-order valence-electron chi connectivity index (χ3n) is 5.82. The number of hydrogen-bond donors (Lipinski definition) is 3. The molecule has 4 heterocycles. The molecule has 3 N–H and O–H groups in total. The highest BCUT2D eigenvalue weighted by atomic mass is 16.4. The summed E-state index contributed by atoms with van der Waals surface area (Å²) in [4.78, 5) is 22.9. The van der Waals surface area contributed by atoms with Crippen LogP contribution in [0, 0.1) is 0 Å². The van der Waals surface area contributed by atoms with Crippen LogP contribution in [0.1, 0.15) is 42.2 Å². The van der Waals surface area contributed by atoms with E-state index >= 15 is 0 Å². The number of hydrogen-bond acceptors (Lipinski definition) is 8. The van der Waals surface area contributed by atoms with Crippen molar-refractivity contribution >= 4 is 34.6 Å². The predicted molar refractivity (Wildman–Crippen MR) is 112 cm³/mol. The lowest BCUT2D eigenvalue weighted by molar-refractivity contribution is 0.0683. The highest BCUT2D eigenvalue weighted by Crippen LogP contribution is 2.34. The second kappa shape index (κ2) is 7.86. The van der Waals surface area contributed by atoms with E-state index < -0.39 is 5.97 Å². The van der Waals surface area contributed by atoms with Crippen LogP contribution >= 0.6 is 0 Å². The molecule has 10 nitrogen and oxygen atoms in total. The summed E-state index contributed by atoms with van der Waals surface area (Å²) in [5, 5.41) is 25.4. The van der Waals surface area contributed by atoms with Crippen LogP contribution in [0.5, 0.6) is 0 Å². The van der Waals surface area contributed by atoms with Gasteiger partial charge in [-0.1, -0.05) is 12.8 Å². The summed E-state index contributed by atoms with van der Waals surface area (Å²) in [6.45, 7) is 3.69.